The number of carbonyl (C=O) groups is 3. The molecule has 1 N–H and O–H groups in total. The minimum atomic E-state index is -0.826. The quantitative estimate of drug-likeness (QED) is 0.0913. The Morgan fingerprint density at radius 1 is 0.850 bits per heavy atom. The average Bonchev–Trinajstić information content (AvgIpc) is 3.84. The number of pyridine rings is 2. The minimum absolute atomic E-state index is 0.130. The number of benzene rings is 2. The summed E-state index contributed by atoms with van der Waals surface area (Å²) in [4.78, 5) is 55.6. The summed E-state index contributed by atoms with van der Waals surface area (Å²) < 4.78 is 29.4. The number of fused-ring (bicyclic) bond motifs is 2. The molecule has 15 nitrogen and oxygen atoms in total. The molecular weight excluding hydrogens is 767 g/mol. The number of hydrogen-bond acceptors (Lipinski definition) is 13. The van der Waals surface area contributed by atoms with Gasteiger partial charge in [-0.25, -0.2) is 9.97 Å². The molecule has 3 aromatic heterocycles. The third kappa shape index (κ3) is 8.45. The Kier molecular flexibility index (Phi) is 11.3. The van der Waals surface area contributed by atoms with Crippen LogP contribution < -0.4 is 19.5 Å². The Morgan fingerprint density at radius 3 is 2.52 bits per heavy atom. The Hall–Kier alpha value is -6.19. The number of allylic oxidation sites excluding steroid dienone is 1. The summed E-state index contributed by atoms with van der Waals surface area (Å²) in [6.45, 7) is 7.41. The van der Waals surface area contributed by atoms with Crippen molar-refractivity contribution in [2.75, 3.05) is 33.4 Å². The molecule has 60 heavy (non-hydrogen) atoms. The largest absolute Gasteiger partial charge is 0.494 e. The summed E-state index contributed by atoms with van der Waals surface area (Å²) >= 11 is 0. The van der Waals surface area contributed by atoms with E-state index >= 15 is 0 Å². The summed E-state index contributed by atoms with van der Waals surface area (Å²) in [5, 5.41) is 7.75. The highest BCUT2D eigenvalue weighted by atomic mass is 16.5. The molecule has 1 saturated carbocycles. The lowest BCUT2D eigenvalue weighted by Gasteiger charge is -2.40. The summed E-state index contributed by atoms with van der Waals surface area (Å²) in [5.41, 5.74) is 3.33. The van der Waals surface area contributed by atoms with E-state index < -0.39 is 17.9 Å². The fourth-order valence-corrected chi connectivity index (χ4v) is 8.28. The second-order valence-electron chi connectivity index (χ2n) is 15.8. The molecular formula is C45H47N7O8. The molecule has 0 radical (unpaired) electrons. The van der Waals surface area contributed by atoms with Gasteiger partial charge in [-0.1, -0.05) is 17.8 Å². The van der Waals surface area contributed by atoms with Gasteiger partial charge in [0.15, 0.2) is 0 Å². The first-order chi connectivity index (χ1) is 29.3. The Morgan fingerprint density at radius 2 is 1.68 bits per heavy atom. The molecule has 3 amide bonds. The molecule has 4 aliphatic rings. The zero-order valence-electron chi connectivity index (χ0n) is 33.5. The molecule has 1 aliphatic carbocycles. The van der Waals surface area contributed by atoms with Gasteiger partial charge >= 0.3 is 0 Å². The summed E-state index contributed by atoms with van der Waals surface area (Å²) in [6, 6.07) is 17.4. The number of rotatable bonds is 15. The highest BCUT2D eigenvalue weighted by Gasteiger charge is 2.44. The molecule has 310 valence electrons. The molecule has 15 heteroatoms. The normalized spacial score (nSPS) is 20.9. The van der Waals surface area contributed by atoms with Crippen LogP contribution in [0.5, 0.6) is 17.4 Å². The molecule has 2 aromatic carbocycles. The summed E-state index contributed by atoms with van der Waals surface area (Å²) in [5.74, 6) is 1.32. The van der Waals surface area contributed by atoms with Gasteiger partial charge in [-0.15, -0.1) is 0 Å². The van der Waals surface area contributed by atoms with Crippen LogP contribution in [0, 0.1) is 0 Å². The predicted octanol–water partition coefficient (Wildman–Crippen LogP) is 6.38. The number of amides is 3. The fraction of sp³-hybridized carbons (Fsp3) is 0.400. The van der Waals surface area contributed by atoms with Crippen molar-refractivity contribution in [1.29, 1.82) is 0 Å². The van der Waals surface area contributed by atoms with Gasteiger partial charge in [0.25, 0.3) is 17.7 Å². The number of aromatic nitrogens is 4. The smallest absolute Gasteiger partial charge is 0.262 e. The molecule has 0 spiro atoms. The van der Waals surface area contributed by atoms with Crippen molar-refractivity contribution >= 4 is 28.6 Å². The molecule has 5 aromatic rings. The highest BCUT2D eigenvalue weighted by Crippen LogP contribution is 2.34. The fourth-order valence-electron chi connectivity index (χ4n) is 8.28. The van der Waals surface area contributed by atoms with E-state index in [0.717, 1.165) is 86.1 Å². The highest BCUT2D eigenvalue weighted by molar-refractivity contribution is 6.23. The topological polar surface area (TPSA) is 171 Å². The molecule has 1 atom stereocenters. The van der Waals surface area contributed by atoms with Crippen molar-refractivity contribution < 1.29 is 37.9 Å². The van der Waals surface area contributed by atoms with Crippen LogP contribution in [0.15, 0.2) is 83.7 Å². The van der Waals surface area contributed by atoms with Crippen molar-refractivity contribution in [1.82, 2.24) is 35.2 Å². The minimum Gasteiger partial charge on any atom is -0.494 e. The molecule has 3 fully saturated rings. The van der Waals surface area contributed by atoms with Crippen LogP contribution in [-0.2, 0) is 9.53 Å². The SMILES string of the molecule is C=C1CCC(N2C(=O)c3ccc(OCCCCCN4CCC(OC5CC(Oc6ccc7nc(-c8noc(-c9ccnc(OC)c9)n8)ccc7c6)C5)CC4)cc3C2=O)C(=O)N1. The molecule has 1 unspecified atom stereocenters. The van der Waals surface area contributed by atoms with Gasteiger partial charge in [0.2, 0.25) is 17.6 Å². The third-order valence-electron chi connectivity index (χ3n) is 11.7. The van der Waals surface area contributed by atoms with Gasteiger partial charge in [0.1, 0.15) is 29.3 Å². The van der Waals surface area contributed by atoms with E-state index in [1.807, 2.05) is 30.3 Å². The Balaban J connectivity index is 0.651. The number of nitrogens with one attached hydrogen (secondary N) is 1. The summed E-state index contributed by atoms with van der Waals surface area (Å²) in [6.07, 6.45) is 10.00. The van der Waals surface area contributed by atoms with Crippen molar-refractivity contribution in [2.24, 2.45) is 0 Å². The predicted molar refractivity (Wildman–Crippen MR) is 219 cm³/mol. The molecule has 2 saturated heterocycles. The van der Waals surface area contributed by atoms with E-state index in [9.17, 15) is 14.4 Å². The van der Waals surface area contributed by atoms with Crippen LogP contribution in [0.4, 0.5) is 0 Å². The lowest BCUT2D eigenvalue weighted by molar-refractivity contribution is -0.125. The average molecular weight is 814 g/mol. The zero-order valence-corrected chi connectivity index (χ0v) is 33.5. The number of unbranched alkanes of at least 4 members (excludes halogenated alkanes) is 2. The second-order valence-corrected chi connectivity index (χ2v) is 15.8. The molecule has 9 rings (SSSR count). The van der Waals surface area contributed by atoms with E-state index in [-0.39, 0.29) is 29.8 Å². The number of carbonyl (C=O) groups excluding carboxylic acids is 3. The second kappa shape index (κ2) is 17.2. The van der Waals surface area contributed by atoms with Crippen molar-refractivity contribution in [3.8, 4) is 40.4 Å². The Labute approximate surface area is 347 Å². The number of imide groups is 1. The first-order valence-corrected chi connectivity index (χ1v) is 20.7. The van der Waals surface area contributed by atoms with Crippen LogP contribution >= 0.6 is 0 Å². The number of hydrogen-bond donors (Lipinski definition) is 1. The lowest BCUT2D eigenvalue weighted by Crippen LogP contribution is -2.51. The van der Waals surface area contributed by atoms with Crippen LogP contribution in [0.3, 0.4) is 0 Å². The van der Waals surface area contributed by atoms with E-state index in [1.165, 1.54) is 0 Å². The van der Waals surface area contributed by atoms with Gasteiger partial charge in [-0.05, 0) is 100 Å². The van der Waals surface area contributed by atoms with Crippen molar-refractivity contribution in [2.45, 2.75) is 82.1 Å². The van der Waals surface area contributed by atoms with Crippen molar-refractivity contribution in [3.63, 3.8) is 0 Å². The first kappa shape index (κ1) is 39.3. The van der Waals surface area contributed by atoms with Gasteiger partial charge in [0.05, 0.1) is 42.6 Å². The maximum atomic E-state index is 13.1. The third-order valence-corrected chi connectivity index (χ3v) is 11.7. The maximum absolute atomic E-state index is 13.1. The van der Waals surface area contributed by atoms with Crippen LogP contribution in [-0.4, -0.2) is 105 Å². The van der Waals surface area contributed by atoms with Crippen LogP contribution in [0.2, 0.25) is 0 Å². The van der Waals surface area contributed by atoms with Gasteiger partial charge in [-0.2, -0.15) is 4.98 Å². The lowest BCUT2D eigenvalue weighted by atomic mass is 9.91. The molecule has 0 bridgehead atoms. The van der Waals surface area contributed by atoms with Crippen molar-refractivity contribution in [3.05, 3.63) is 90.3 Å². The number of methoxy groups -OCH3 is 1. The standard InChI is InChI=1S/C45H47N7O8/c1-27-6-13-39(42(53)47-27)52-44(54)35-10-8-31(26-36(35)45(52)55)57-21-5-3-4-18-51-19-15-30(16-20-51)58-33-24-34(25-33)59-32-9-12-37-28(22-32)7-11-38(48-37)41-49-43(60-50-41)29-14-17-46-40(23-29)56-2/h7-12,14,17,22-23,26,30,33-34,39H,1,3-6,13,15-16,18-21,24-25H2,2H3,(H,47,53). The molecule has 6 heterocycles. The van der Waals surface area contributed by atoms with Crippen LogP contribution in [0.1, 0.15) is 78.5 Å². The summed E-state index contributed by atoms with van der Waals surface area (Å²) in [7, 11) is 1.56. The van der Waals surface area contributed by atoms with E-state index in [0.29, 0.717) is 65.3 Å². The first-order valence-electron chi connectivity index (χ1n) is 20.7. The van der Waals surface area contributed by atoms with Gasteiger partial charge in [0, 0.05) is 54.8 Å². The van der Waals surface area contributed by atoms with Gasteiger partial charge < -0.3 is 33.7 Å². The number of piperidine rings is 2. The monoisotopic (exact) mass is 813 g/mol. The van der Waals surface area contributed by atoms with E-state index in [4.69, 9.17) is 28.5 Å². The number of likely N-dealkylation sites (tertiary alicyclic amines) is 1. The number of ether oxygens (including phenoxy) is 4. The zero-order chi connectivity index (χ0) is 41.2. The van der Waals surface area contributed by atoms with E-state index in [1.54, 1.807) is 43.6 Å². The maximum Gasteiger partial charge on any atom is 0.262 e. The van der Waals surface area contributed by atoms with Crippen LogP contribution in [0.25, 0.3) is 33.9 Å². The van der Waals surface area contributed by atoms with Gasteiger partial charge in [-0.3, -0.25) is 19.3 Å². The van der Waals surface area contributed by atoms with E-state index in [2.05, 4.69) is 31.9 Å². The molecule has 3 aliphatic heterocycles. The Bertz CT molecular complexity index is 2420. The number of nitrogens with zero attached hydrogens (tertiary/aromatic N) is 6.